The van der Waals surface area contributed by atoms with Crippen molar-refractivity contribution in [2.45, 2.75) is 37.6 Å². The molecule has 2 aromatic carbocycles. The molecule has 1 heterocycles. The fraction of sp³-hybridized carbons (Fsp3) is 0.273. The van der Waals surface area contributed by atoms with Crippen LogP contribution in [-0.4, -0.2) is 36.4 Å². The third-order valence-corrected chi connectivity index (χ3v) is 5.74. The largest absolute Gasteiger partial charge is 0.310 e. The summed E-state index contributed by atoms with van der Waals surface area (Å²) in [5.41, 5.74) is 2.65. The van der Waals surface area contributed by atoms with E-state index >= 15 is 0 Å². The van der Waals surface area contributed by atoms with Gasteiger partial charge in [-0.3, -0.25) is 4.79 Å². The highest BCUT2D eigenvalue weighted by atomic mass is 32.2. The van der Waals surface area contributed by atoms with Crippen molar-refractivity contribution in [2.75, 3.05) is 11.2 Å². The summed E-state index contributed by atoms with van der Waals surface area (Å²) in [6.07, 6.45) is 5.80. The minimum atomic E-state index is -3.27. The van der Waals surface area contributed by atoms with Gasteiger partial charge < -0.3 is 4.90 Å². The maximum atomic E-state index is 12.9. The number of carbonyl (C=O) groups is 1. The van der Waals surface area contributed by atoms with Crippen LogP contribution in [0.3, 0.4) is 0 Å². The first-order valence-electron chi connectivity index (χ1n) is 9.47. The molecule has 0 unspecified atom stereocenters. The SMILES string of the molecule is CC(C)N(C(=O)CCc1cnn(-c2ccccc2)c1)c1ccc(S(C)(=O)=O)cc1. The molecule has 6 nitrogen and oxygen atoms in total. The molecule has 3 aromatic rings. The lowest BCUT2D eigenvalue weighted by atomic mass is 10.1. The molecule has 0 atom stereocenters. The van der Waals surface area contributed by atoms with Crippen LogP contribution in [0.15, 0.2) is 71.9 Å². The maximum absolute atomic E-state index is 12.9. The normalized spacial score (nSPS) is 11.6. The second kappa shape index (κ2) is 8.61. The first-order valence-corrected chi connectivity index (χ1v) is 11.4. The van der Waals surface area contributed by atoms with Gasteiger partial charge in [0.2, 0.25) is 5.91 Å². The van der Waals surface area contributed by atoms with E-state index in [1.807, 2.05) is 50.4 Å². The maximum Gasteiger partial charge on any atom is 0.227 e. The van der Waals surface area contributed by atoms with Crippen LogP contribution >= 0.6 is 0 Å². The number of aryl methyl sites for hydroxylation is 1. The number of rotatable bonds is 7. The lowest BCUT2D eigenvalue weighted by Crippen LogP contribution is -2.37. The van der Waals surface area contributed by atoms with Crippen molar-refractivity contribution >= 4 is 21.4 Å². The van der Waals surface area contributed by atoms with E-state index in [1.165, 1.54) is 18.4 Å². The minimum absolute atomic E-state index is 0.0143. The molecule has 0 radical (unpaired) electrons. The molecular formula is C22H25N3O3S. The fourth-order valence-electron chi connectivity index (χ4n) is 3.17. The van der Waals surface area contributed by atoms with Crippen LogP contribution in [0.1, 0.15) is 25.8 Å². The summed E-state index contributed by atoms with van der Waals surface area (Å²) in [6, 6.07) is 16.2. The molecule has 0 fully saturated rings. The van der Waals surface area contributed by atoms with Gasteiger partial charge in [-0.1, -0.05) is 18.2 Å². The van der Waals surface area contributed by atoms with Crippen LogP contribution in [-0.2, 0) is 21.1 Å². The Morgan fingerprint density at radius 1 is 1.07 bits per heavy atom. The van der Waals surface area contributed by atoms with Crippen molar-refractivity contribution in [1.82, 2.24) is 9.78 Å². The predicted molar refractivity (Wildman–Crippen MR) is 114 cm³/mol. The van der Waals surface area contributed by atoms with E-state index in [2.05, 4.69) is 5.10 Å². The van der Waals surface area contributed by atoms with Crippen LogP contribution in [0.25, 0.3) is 5.69 Å². The number of benzene rings is 2. The zero-order chi connectivity index (χ0) is 21.0. The Kier molecular flexibility index (Phi) is 6.17. The lowest BCUT2D eigenvalue weighted by molar-refractivity contribution is -0.118. The van der Waals surface area contributed by atoms with Gasteiger partial charge in [0.05, 0.1) is 16.8 Å². The van der Waals surface area contributed by atoms with Crippen molar-refractivity contribution in [3.63, 3.8) is 0 Å². The fourth-order valence-corrected chi connectivity index (χ4v) is 3.80. The zero-order valence-electron chi connectivity index (χ0n) is 16.8. The van der Waals surface area contributed by atoms with Crippen molar-refractivity contribution in [3.8, 4) is 5.69 Å². The lowest BCUT2D eigenvalue weighted by Gasteiger charge is -2.27. The Hall–Kier alpha value is -2.93. The molecule has 7 heteroatoms. The summed E-state index contributed by atoms with van der Waals surface area (Å²) < 4.78 is 25.1. The molecule has 0 saturated heterocycles. The number of hydrogen-bond acceptors (Lipinski definition) is 4. The van der Waals surface area contributed by atoms with Gasteiger partial charge in [-0.25, -0.2) is 13.1 Å². The van der Waals surface area contributed by atoms with E-state index in [0.29, 0.717) is 18.5 Å². The number of para-hydroxylation sites is 1. The number of amides is 1. The van der Waals surface area contributed by atoms with Crippen LogP contribution in [0.5, 0.6) is 0 Å². The Morgan fingerprint density at radius 2 is 1.72 bits per heavy atom. The molecule has 1 amide bonds. The molecule has 0 bridgehead atoms. The monoisotopic (exact) mass is 411 g/mol. The van der Waals surface area contributed by atoms with Gasteiger partial charge in [-0.2, -0.15) is 5.10 Å². The van der Waals surface area contributed by atoms with Crippen molar-refractivity contribution in [3.05, 3.63) is 72.6 Å². The average molecular weight is 412 g/mol. The van der Waals surface area contributed by atoms with Gasteiger partial charge >= 0.3 is 0 Å². The van der Waals surface area contributed by atoms with Crippen LogP contribution < -0.4 is 4.90 Å². The quantitative estimate of drug-likeness (QED) is 0.595. The Morgan fingerprint density at radius 3 is 2.31 bits per heavy atom. The molecule has 0 aliphatic rings. The number of sulfone groups is 1. The number of anilines is 1. The number of carbonyl (C=O) groups excluding carboxylic acids is 1. The Labute approximate surface area is 171 Å². The molecule has 29 heavy (non-hydrogen) atoms. The minimum Gasteiger partial charge on any atom is -0.310 e. The van der Waals surface area contributed by atoms with Gasteiger partial charge in [0, 0.05) is 30.6 Å². The zero-order valence-corrected chi connectivity index (χ0v) is 17.6. The topological polar surface area (TPSA) is 72.3 Å². The van der Waals surface area contributed by atoms with E-state index in [0.717, 1.165) is 11.3 Å². The van der Waals surface area contributed by atoms with E-state index in [4.69, 9.17) is 0 Å². The van der Waals surface area contributed by atoms with Gasteiger partial charge in [0.1, 0.15) is 0 Å². The second-order valence-electron chi connectivity index (χ2n) is 7.25. The molecule has 0 aliphatic carbocycles. The van der Waals surface area contributed by atoms with Crippen LogP contribution in [0, 0.1) is 0 Å². The third-order valence-electron chi connectivity index (χ3n) is 4.61. The highest BCUT2D eigenvalue weighted by molar-refractivity contribution is 7.90. The first-order chi connectivity index (χ1) is 13.8. The van der Waals surface area contributed by atoms with Crippen LogP contribution in [0.2, 0.25) is 0 Å². The number of nitrogens with zero attached hydrogens (tertiary/aromatic N) is 3. The molecule has 0 saturated carbocycles. The molecule has 1 aromatic heterocycles. The van der Waals surface area contributed by atoms with E-state index in [1.54, 1.807) is 27.9 Å². The molecule has 3 rings (SSSR count). The summed E-state index contributed by atoms with van der Waals surface area (Å²) in [7, 11) is -3.27. The Balaban J connectivity index is 1.70. The molecule has 0 aliphatic heterocycles. The van der Waals surface area contributed by atoms with E-state index < -0.39 is 9.84 Å². The molecule has 0 N–H and O–H groups in total. The standard InChI is InChI=1S/C22H25N3O3S/c1-17(2)25(20-10-12-21(13-11-20)29(3,27)28)22(26)14-9-18-15-23-24(16-18)19-7-5-4-6-8-19/h4-8,10-13,15-17H,9,14H2,1-3H3. The number of aromatic nitrogens is 2. The van der Waals surface area contributed by atoms with Crippen molar-refractivity contribution in [1.29, 1.82) is 0 Å². The van der Waals surface area contributed by atoms with Crippen LogP contribution in [0.4, 0.5) is 5.69 Å². The van der Waals surface area contributed by atoms with Gasteiger partial charge in [-0.05, 0) is 62.2 Å². The Bertz CT molecular complexity index is 1070. The molecule has 152 valence electrons. The van der Waals surface area contributed by atoms with Crippen molar-refractivity contribution < 1.29 is 13.2 Å². The third kappa shape index (κ3) is 5.12. The first kappa shape index (κ1) is 20.8. The van der Waals surface area contributed by atoms with E-state index in [9.17, 15) is 13.2 Å². The van der Waals surface area contributed by atoms with Gasteiger partial charge in [-0.15, -0.1) is 0 Å². The van der Waals surface area contributed by atoms with Gasteiger partial charge in [0.25, 0.3) is 0 Å². The summed E-state index contributed by atoms with van der Waals surface area (Å²) in [6.45, 7) is 3.88. The van der Waals surface area contributed by atoms with Crippen molar-refractivity contribution in [2.24, 2.45) is 0 Å². The van der Waals surface area contributed by atoms with Gasteiger partial charge in [0.15, 0.2) is 9.84 Å². The average Bonchev–Trinajstić information content (AvgIpc) is 3.16. The second-order valence-corrected chi connectivity index (χ2v) is 9.27. The smallest absolute Gasteiger partial charge is 0.227 e. The summed E-state index contributed by atoms with van der Waals surface area (Å²) in [5, 5.41) is 4.37. The summed E-state index contributed by atoms with van der Waals surface area (Å²) in [5.74, 6) is -0.0143. The summed E-state index contributed by atoms with van der Waals surface area (Å²) in [4.78, 5) is 14.8. The number of hydrogen-bond donors (Lipinski definition) is 0. The molecule has 0 spiro atoms. The molecular weight excluding hydrogens is 386 g/mol. The highest BCUT2D eigenvalue weighted by Crippen LogP contribution is 2.22. The van der Waals surface area contributed by atoms with E-state index in [-0.39, 0.29) is 16.8 Å². The highest BCUT2D eigenvalue weighted by Gasteiger charge is 2.20. The summed E-state index contributed by atoms with van der Waals surface area (Å²) >= 11 is 0. The predicted octanol–water partition coefficient (Wildman–Crippen LogP) is 3.65.